The lowest BCUT2D eigenvalue weighted by Crippen LogP contribution is -2.74. The average Bonchev–Trinajstić information content (AvgIpc) is 0.694. The molecule has 17 aromatic rings. The van der Waals surface area contributed by atoms with E-state index in [0.717, 1.165) is 44.6 Å². The lowest BCUT2D eigenvalue weighted by atomic mass is 9.88. The van der Waals surface area contributed by atoms with Gasteiger partial charge in [0.2, 0.25) is 0 Å². The van der Waals surface area contributed by atoms with Crippen LogP contribution >= 0.6 is 0 Å². The number of aromatic nitrogens is 4. The van der Waals surface area contributed by atoms with Crippen LogP contribution in [0.2, 0.25) is 0 Å². The lowest BCUT2D eigenvalue weighted by Gasteiger charge is -2.35. The highest BCUT2D eigenvalue weighted by Gasteiger charge is 2.43. The average molecular weight is 1370 g/mol. The number of hydrogen-bond donors (Lipinski definition) is 0. The van der Waals surface area contributed by atoms with Crippen molar-refractivity contribution in [3.8, 4) is 62.1 Å². The fraction of sp³-hybridized carbons (Fsp3) is 0.0426. The molecule has 0 unspecified atom stereocenters. The van der Waals surface area contributed by atoms with Gasteiger partial charge >= 0.3 is 0 Å². The number of benzene rings is 14. The second-order valence-corrected chi connectivity index (χ2v) is 31.0. The molecule has 0 atom stereocenters. The summed E-state index contributed by atoms with van der Waals surface area (Å²) in [5, 5.41) is -8.76. The predicted octanol–water partition coefficient (Wildman–Crippen LogP) is 17.0. The molecule has 17 rings (SSSR count). The van der Waals surface area contributed by atoms with E-state index in [2.05, 4.69) is 27.1 Å². The Bertz CT molecular complexity index is 7770. The third kappa shape index (κ3) is 11.1. The van der Waals surface area contributed by atoms with Gasteiger partial charge in [-0.1, -0.05) is 335 Å². The third-order valence-corrected chi connectivity index (χ3v) is 25.3. The molecule has 0 N–H and O–H groups in total. The van der Waals surface area contributed by atoms with E-state index in [9.17, 15) is 46.6 Å². The van der Waals surface area contributed by atoms with Crippen LogP contribution < -0.4 is 50.8 Å². The number of hydrogen-bond acceptors (Lipinski definition) is 2. The second-order valence-electron chi connectivity index (χ2n) is 24.0. The number of imidazole rings is 1. The zero-order chi connectivity index (χ0) is 105. The number of rotatable bonds is 16. The molecule has 0 spiro atoms. The summed E-state index contributed by atoms with van der Waals surface area (Å²) in [5.74, 6) is 0.808. The summed E-state index contributed by atoms with van der Waals surface area (Å²) in [4.78, 5) is 4.83. The van der Waals surface area contributed by atoms with Crippen LogP contribution in [0.3, 0.4) is 0 Å². The molecule has 0 aliphatic carbocycles. The zero-order valence-electron chi connectivity index (χ0n) is 96.2. The van der Waals surface area contributed by atoms with Crippen LogP contribution in [0.5, 0.6) is 11.5 Å². The molecule has 0 radical (unpaired) electrons. The van der Waals surface area contributed by atoms with E-state index in [-0.39, 0.29) is 39.2 Å². The van der Waals surface area contributed by atoms with Gasteiger partial charge in [0.1, 0.15) is 17.3 Å². The molecule has 5 nitrogen and oxygen atoms in total. The molecular formula is C94H72N4OSi2. The van der Waals surface area contributed by atoms with Gasteiger partial charge in [0.05, 0.1) is 92.4 Å². The Hall–Kier alpha value is -12.3. The van der Waals surface area contributed by atoms with Crippen LogP contribution in [0, 0.1) is 6.33 Å². The van der Waals surface area contributed by atoms with Gasteiger partial charge < -0.3 is 4.74 Å². The highest BCUT2D eigenvalue weighted by molar-refractivity contribution is 7.20. The molecule has 0 aliphatic rings. The van der Waals surface area contributed by atoms with E-state index in [0.29, 0.717) is 11.3 Å². The van der Waals surface area contributed by atoms with Gasteiger partial charge in [-0.15, -0.1) is 0 Å². The maximum atomic E-state index is 11.3. The fourth-order valence-corrected chi connectivity index (χ4v) is 19.9. The molecule has 0 amide bonds. The quantitative estimate of drug-likeness (QED) is 0.0418. The van der Waals surface area contributed by atoms with Crippen molar-refractivity contribution >= 4 is 90.5 Å². The molecule has 7 heteroatoms. The first-order valence-corrected chi connectivity index (χ1v) is 35.2. The van der Waals surface area contributed by atoms with E-state index in [1.807, 2.05) is 47.0 Å². The predicted molar refractivity (Wildman–Crippen MR) is 425 cm³/mol. The molecule has 482 valence electrons. The maximum Gasteiger partial charge on any atom is 0.269 e. The Morgan fingerprint density at radius 2 is 0.851 bits per heavy atom. The second kappa shape index (κ2) is 26.2. The van der Waals surface area contributed by atoms with Crippen molar-refractivity contribution in [2.24, 2.45) is 0 Å². The Balaban J connectivity index is 1.10. The first-order valence-electron chi connectivity index (χ1n) is 52.7. The van der Waals surface area contributed by atoms with Crippen molar-refractivity contribution in [1.29, 1.82) is 0 Å². The van der Waals surface area contributed by atoms with Gasteiger partial charge in [0.25, 0.3) is 6.33 Å². The van der Waals surface area contributed by atoms with E-state index < -0.39 is 351 Å². The standard InChI is InChI=1S/C94H72N4OSi2/c1-94(2,3)72-59-60-95-92(64-72)98-88-54-26-25-51-86(88)87-57-56-75(66-90(87)98)99-74-36-29-35-73(65-74)96-67-97(89-58-55-69(63-91(89)96)68-31-11-4-12-32-68)93-84(70-33-27-49-82(61-70)100(76-37-13-5-14-38-76,77-39-15-6-16-40-77)78-41-17-7-18-42-78)52-30-53-85(93)71-34-28-50-83(62-71)101(79-43-19-8-20-44-79,80-45-21-9-22-46-80)81-47-23-10-24-48-81/h4-66H,1-3H3/i4D,5D,6D,7D,8D,9D,10D,11D,12D,13D,14D,15D,16D,17D,18D,19D,20D,21D,22D,23D,24D,27D,28D,31D,32D,33D,34D,37D,38D,39D,40D,41D,42D,43D,44D,45D,46D,47D,48D,49D,50D,61D,62D. The van der Waals surface area contributed by atoms with Crippen molar-refractivity contribution in [3.63, 3.8) is 0 Å². The molecule has 3 heterocycles. The first kappa shape index (κ1) is 31.3. The Morgan fingerprint density at radius 3 is 1.38 bits per heavy atom. The monoisotopic (exact) mass is 1370 g/mol. The van der Waals surface area contributed by atoms with E-state index in [4.69, 9.17) is 22.1 Å². The minimum absolute atomic E-state index is 0.0153. The third-order valence-electron chi connectivity index (χ3n) is 17.3. The van der Waals surface area contributed by atoms with Crippen molar-refractivity contribution in [3.05, 3.63) is 393 Å². The molecule has 0 saturated heterocycles. The molecule has 0 bridgehead atoms. The summed E-state index contributed by atoms with van der Waals surface area (Å²) >= 11 is 0. The molecule has 3 aromatic heterocycles. The highest BCUT2D eigenvalue weighted by Crippen LogP contribution is 2.39. The minimum atomic E-state index is -6.84. The number of fused-ring (bicyclic) bond motifs is 4. The smallest absolute Gasteiger partial charge is 0.269 e. The number of para-hydroxylation sites is 2. The Kier molecular flexibility index (Phi) is 8.12. The Morgan fingerprint density at radius 1 is 0.386 bits per heavy atom. The summed E-state index contributed by atoms with van der Waals surface area (Å²) in [6.45, 7) is 6.16. The minimum Gasteiger partial charge on any atom is -0.458 e. The summed E-state index contributed by atoms with van der Waals surface area (Å²) in [5.41, 5.74) is -3.72. The zero-order valence-corrected chi connectivity index (χ0v) is 55.2. The van der Waals surface area contributed by atoms with Gasteiger partial charge in [-0.2, -0.15) is 0 Å². The van der Waals surface area contributed by atoms with Gasteiger partial charge in [0.15, 0.2) is 16.1 Å². The van der Waals surface area contributed by atoms with Crippen LogP contribution in [0.15, 0.2) is 381 Å². The van der Waals surface area contributed by atoms with Crippen molar-refractivity contribution in [1.82, 2.24) is 14.1 Å². The molecule has 0 aliphatic heterocycles. The molecule has 0 saturated carbocycles. The largest absolute Gasteiger partial charge is 0.458 e. The van der Waals surface area contributed by atoms with E-state index in [1.54, 1.807) is 24.4 Å². The van der Waals surface area contributed by atoms with Crippen LogP contribution in [-0.2, 0) is 5.41 Å². The topological polar surface area (TPSA) is 35.9 Å². The SMILES string of the molecule is [2H]c1c([2H])c([2H])c(-c2ccc3c(c2)n(-c2cccc(Oc4ccc5c6ccccc6n(-c6cc(C(C)(C)C)ccn6)c5c4)c2)[c-][n+]3-c2c(-c3c([2H])c([2H])c([2H])c([Si](c4c([2H])c([2H])c([2H])c([2H])c4[2H])(c4c([2H])c([2H])c([2H])c([2H])c4[2H])c4c([2H])c([2H])c([2H])c([2H])c4[2H])c3[2H])cccc2-c2c([2H])c([2H])c([2H])c([Si](c3c([2H])c([2H])c([2H])c([2H])c3[2H])(c3c([2H])c([2H])c([2H])c([2H])c3[2H])c3c([2H])c([2H])c([2H])c([2H])c3[2H])c2[2H])c([2H])c1[2H]. The van der Waals surface area contributed by atoms with Gasteiger partial charge in [0, 0.05) is 23.0 Å². The Labute approximate surface area is 652 Å². The van der Waals surface area contributed by atoms with Crippen molar-refractivity contribution in [2.45, 2.75) is 26.2 Å². The maximum absolute atomic E-state index is 11.3. The number of pyridine rings is 1. The van der Waals surface area contributed by atoms with Crippen LogP contribution in [0.1, 0.15) is 85.3 Å². The van der Waals surface area contributed by atoms with E-state index in [1.165, 1.54) is 41.0 Å². The number of ether oxygens (including phenoxy) is 1. The van der Waals surface area contributed by atoms with E-state index >= 15 is 0 Å². The normalized spacial score (nSPS) is 17.9. The van der Waals surface area contributed by atoms with Gasteiger partial charge in [-0.3, -0.25) is 13.7 Å². The molecule has 0 fully saturated rings. The summed E-state index contributed by atoms with van der Waals surface area (Å²) in [7, 11) is -13.7. The highest BCUT2D eigenvalue weighted by atomic mass is 28.3. The van der Waals surface area contributed by atoms with Gasteiger partial charge in [-0.05, 0) is 140 Å². The van der Waals surface area contributed by atoms with Crippen molar-refractivity contribution < 1.29 is 68.2 Å². The van der Waals surface area contributed by atoms with Crippen LogP contribution in [-0.4, -0.2) is 30.3 Å². The number of nitrogens with zero attached hydrogens (tertiary/aromatic N) is 4. The first-order chi connectivity index (χ1) is 67.6. The van der Waals surface area contributed by atoms with Crippen LogP contribution in [0.25, 0.3) is 83.4 Å². The fourth-order valence-electron chi connectivity index (χ4n) is 12.8. The van der Waals surface area contributed by atoms with Gasteiger partial charge in [-0.25, -0.2) is 4.98 Å². The molecular weight excluding hydrogens is 1260 g/mol. The molecule has 101 heavy (non-hydrogen) atoms. The van der Waals surface area contributed by atoms with Crippen LogP contribution in [0.4, 0.5) is 0 Å². The lowest BCUT2D eigenvalue weighted by molar-refractivity contribution is -0.571. The summed E-state index contributed by atoms with van der Waals surface area (Å²) in [6, 6.07) is -25.5. The van der Waals surface area contributed by atoms with Crippen molar-refractivity contribution in [2.75, 3.05) is 0 Å². The summed E-state index contributed by atoms with van der Waals surface area (Å²) < 4.78 is 429. The summed E-state index contributed by atoms with van der Waals surface area (Å²) in [6.07, 6.45) is 4.94. The molecule has 14 aromatic carbocycles.